The average molecular weight is 499 g/mol. The standard InChI is InChI=1S/C24H29Cl2FN2O2S/c1-3-5-13-28-24(31)22(4-2)29(14-17-9-6-7-10-19(17)25)23(30)16-32-15-18-20(26)11-8-12-21(18)27/h6-12,22H,3-5,13-16H2,1-2H3,(H,28,31)/t22-/m0/s1. The van der Waals surface area contributed by atoms with Crippen LogP contribution >= 0.6 is 35.0 Å². The first-order valence-corrected chi connectivity index (χ1v) is 12.6. The highest BCUT2D eigenvalue weighted by molar-refractivity contribution is 7.99. The summed E-state index contributed by atoms with van der Waals surface area (Å²) in [6, 6.07) is 11.2. The molecule has 1 N–H and O–H groups in total. The lowest BCUT2D eigenvalue weighted by molar-refractivity contribution is -0.139. The Morgan fingerprint density at radius 3 is 2.47 bits per heavy atom. The molecule has 0 aliphatic carbocycles. The van der Waals surface area contributed by atoms with E-state index >= 15 is 0 Å². The summed E-state index contributed by atoms with van der Waals surface area (Å²) in [5.41, 5.74) is 1.14. The zero-order valence-corrected chi connectivity index (χ0v) is 20.7. The molecule has 2 rings (SSSR count). The molecule has 2 amide bonds. The lowest BCUT2D eigenvalue weighted by atomic mass is 10.1. The molecule has 0 aliphatic rings. The Balaban J connectivity index is 2.15. The van der Waals surface area contributed by atoms with Gasteiger partial charge in [-0.1, -0.05) is 67.7 Å². The Morgan fingerprint density at radius 1 is 1.09 bits per heavy atom. The van der Waals surface area contributed by atoms with Crippen molar-refractivity contribution < 1.29 is 14.0 Å². The lowest BCUT2D eigenvalue weighted by Crippen LogP contribution is -2.49. The summed E-state index contributed by atoms with van der Waals surface area (Å²) in [7, 11) is 0. The van der Waals surface area contributed by atoms with Crippen LogP contribution in [0, 0.1) is 5.82 Å². The maximum absolute atomic E-state index is 14.0. The number of benzene rings is 2. The molecule has 0 aliphatic heterocycles. The topological polar surface area (TPSA) is 49.4 Å². The summed E-state index contributed by atoms with van der Waals surface area (Å²) in [6.45, 7) is 4.72. The second-order valence-corrected chi connectivity index (χ2v) is 9.17. The van der Waals surface area contributed by atoms with Gasteiger partial charge in [-0.15, -0.1) is 11.8 Å². The number of halogens is 3. The van der Waals surface area contributed by atoms with Crippen LogP contribution in [-0.2, 0) is 21.9 Å². The predicted molar refractivity (Wildman–Crippen MR) is 132 cm³/mol. The molecule has 32 heavy (non-hydrogen) atoms. The molecule has 0 saturated heterocycles. The Kier molecular flexibility index (Phi) is 11.4. The normalized spacial score (nSPS) is 11.8. The Bertz CT molecular complexity index is 893. The molecule has 0 fully saturated rings. The van der Waals surface area contributed by atoms with Crippen molar-refractivity contribution in [2.75, 3.05) is 12.3 Å². The minimum absolute atomic E-state index is 0.0911. The average Bonchev–Trinajstić information content (AvgIpc) is 2.77. The van der Waals surface area contributed by atoms with Crippen molar-refractivity contribution in [3.63, 3.8) is 0 Å². The van der Waals surface area contributed by atoms with Gasteiger partial charge in [0.25, 0.3) is 0 Å². The van der Waals surface area contributed by atoms with Gasteiger partial charge in [0.2, 0.25) is 11.8 Å². The third-order valence-corrected chi connectivity index (χ3v) is 6.71. The number of nitrogens with zero attached hydrogens (tertiary/aromatic N) is 1. The number of amides is 2. The molecule has 0 saturated carbocycles. The molecule has 8 heteroatoms. The zero-order chi connectivity index (χ0) is 23.5. The van der Waals surface area contributed by atoms with Gasteiger partial charge in [0.1, 0.15) is 11.9 Å². The number of rotatable bonds is 12. The molecule has 2 aromatic rings. The van der Waals surface area contributed by atoms with Crippen LogP contribution in [0.4, 0.5) is 4.39 Å². The van der Waals surface area contributed by atoms with Gasteiger partial charge in [-0.2, -0.15) is 0 Å². The molecule has 0 spiro atoms. The van der Waals surface area contributed by atoms with Crippen LogP contribution in [0.5, 0.6) is 0 Å². The highest BCUT2D eigenvalue weighted by Crippen LogP contribution is 2.25. The molecule has 0 bridgehead atoms. The number of hydrogen-bond donors (Lipinski definition) is 1. The predicted octanol–water partition coefficient (Wildman–Crippen LogP) is 6.09. The fourth-order valence-electron chi connectivity index (χ4n) is 3.23. The van der Waals surface area contributed by atoms with Crippen LogP contribution in [0.1, 0.15) is 44.2 Å². The molecule has 2 aromatic carbocycles. The van der Waals surface area contributed by atoms with E-state index in [-0.39, 0.29) is 29.9 Å². The van der Waals surface area contributed by atoms with E-state index in [1.165, 1.54) is 17.8 Å². The fourth-order valence-corrected chi connectivity index (χ4v) is 4.67. The number of thioether (sulfide) groups is 1. The van der Waals surface area contributed by atoms with Gasteiger partial charge in [-0.25, -0.2) is 4.39 Å². The van der Waals surface area contributed by atoms with E-state index in [1.54, 1.807) is 23.1 Å². The van der Waals surface area contributed by atoms with Gasteiger partial charge < -0.3 is 10.2 Å². The van der Waals surface area contributed by atoms with Gasteiger partial charge in [0.05, 0.1) is 5.75 Å². The number of carbonyl (C=O) groups excluding carboxylic acids is 2. The van der Waals surface area contributed by atoms with Gasteiger partial charge in [-0.05, 0) is 36.6 Å². The summed E-state index contributed by atoms with van der Waals surface area (Å²) < 4.78 is 14.0. The van der Waals surface area contributed by atoms with E-state index in [1.807, 2.05) is 25.1 Å². The second-order valence-electron chi connectivity index (χ2n) is 7.37. The quantitative estimate of drug-likeness (QED) is 0.360. The van der Waals surface area contributed by atoms with E-state index in [0.717, 1.165) is 18.4 Å². The first-order chi connectivity index (χ1) is 15.4. The van der Waals surface area contributed by atoms with Gasteiger partial charge in [0, 0.05) is 34.5 Å². The first-order valence-electron chi connectivity index (χ1n) is 10.7. The van der Waals surface area contributed by atoms with Crippen LogP contribution in [0.15, 0.2) is 42.5 Å². The summed E-state index contributed by atoms with van der Waals surface area (Å²) >= 11 is 13.7. The smallest absolute Gasteiger partial charge is 0.242 e. The highest BCUT2D eigenvalue weighted by atomic mass is 35.5. The van der Waals surface area contributed by atoms with Crippen LogP contribution in [0.2, 0.25) is 10.0 Å². The minimum atomic E-state index is -0.617. The Morgan fingerprint density at radius 2 is 1.81 bits per heavy atom. The molecular weight excluding hydrogens is 470 g/mol. The van der Waals surface area contributed by atoms with Crippen LogP contribution in [0.25, 0.3) is 0 Å². The van der Waals surface area contributed by atoms with Gasteiger partial charge in [-0.3, -0.25) is 9.59 Å². The van der Waals surface area contributed by atoms with Crippen molar-refractivity contribution in [2.45, 2.75) is 51.4 Å². The summed E-state index contributed by atoms with van der Waals surface area (Å²) in [5, 5.41) is 3.80. The molecule has 0 heterocycles. The van der Waals surface area contributed by atoms with Crippen molar-refractivity contribution in [3.8, 4) is 0 Å². The van der Waals surface area contributed by atoms with Crippen molar-refractivity contribution in [3.05, 3.63) is 69.5 Å². The van der Waals surface area contributed by atoms with E-state index < -0.39 is 11.9 Å². The first kappa shape index (κ1) is 26.5. The minimum Gasteiger partial charge on any atom is -0.354 e. The van der Waals surface area contributed by atoms with Crippen LogP contribution in [0.3, 0.4) is 0 Å². The van der Waals surface area contributed by atoms with E-state index in [2.05, 4.69) is 12.2 Å². The fraction of sp³-hybridized carbons (Fsp3) is 0.417. The Labute approximate surface area is 203 Å². The van der Waals surface area contributed by atoms with Crippen molar-refractivity contribution >= 4 is 46.8 Å². The maximum atomic E-state index is 14.0. The number of nitrogens with one attached hydrogen (secondary N) is 1. The zero-order valence-electron chi connectivity index (χ0n) is 18.4. The Hall–Kier alpha value is -1.76. The van der Waals surface area contributed by atoms with Crippen molar-refractivity contribution in [2.24, 2.45) is 0 Å². The molecule has 174 valence electrons. The van der Waals surface area contributed by atoms with Crippen molar-refractivity contribution in [1.82, 2.24) is 10.2 Å². The van der Waals surface area contributed by atoms with Crippen LogP contribution in [-0.4, -0.2) is 35.1 Å². The summed E-state index contributed by atoms with van der Waals surface area (Å²) in [5.74, 6) is -0.430. The molecule has 1 atom stereocenters. The third kappa shape index (κ3) is 7.68. The van der Waals surface area contributed by atoms with E-state index in [4.69, 9.17) is 23.2 Å². The maximum Gasteiger partial charge on any atom is 0.242 e. The molecule has 0 unspecified atom stereocenters. The SMILES string of the molecule is CCCCNC(=O)[C@H](CC)N(Cc1ccccc1Cl)C(=O)CSCc1c(F)cccc1Cl. The molecule has 0 radical (unpaired) electrons. The summed E-state index contributed by atoms with van der Waals surface area (Å²) in [6.07, 6.45) is 2.31. The second kappa shape index (κ2) is 13.7. The lowest BCUT2D eigenvalue weighted by Gasteiger charge is -2.31. The largest absolute Gasteiger partial charge is 0.354 e. The number of carbonyl (C=O) groups is 2. The third-order valence-electron chi connectivity index (χ3n) is 5.05. The van der Waals surface area contributed by atoms with E-state index in [0.29, 0.717) is 28.6 Å². The van der Waals surface area contributed by atoms with Gasteiger partial charge >= 0.3 is 0 Å². The summed E-state index contributed by atoms with van der Waals surface area (Å²) in [4.78, 5) is 27.6. The van der Waals surface area contributed by atoms with Crippen molar-refractivity contribution in [1.29, 1.82) is 0 Å². The number of unbranched alkanes of at least 4 members (excludes halogenated alkanes) is 1. The van der Waals surface area contributed by atoms with E-state index in [9.17, 15) is 14.0 Å². The number of hydrogen-bond acceptors (Lipinski definition) is 3. The highest BCUT2D eigenvalue weighted by Gasteiger charge is 2.28. The molecular formula is C24H29Cl2FN2O2S. The monoisotopic (exact) mass is 498 g/mol. The van der Waals surface area contributed by atoms with Crippen LogP contribution < -0.4 is 5.32 Å². The van der Waals surface area contributed by atoms with Gasteiger partial charge in [0.15, 0.2) is 0 Å². The molecule has 0 aromatic heterocycles. The molecule has 4 nitrogen and oxygen atoms in total.